The van der Waals surface area contributed by atoms with E-state index in [0.29, 0.717) is 6.04 Å². The first kappa shape index (κ1) is 9.99. The molecule has 2 aliphatic rings. The molecule has 0 aromatic rings. The molecule has 2 rings (SSSR count). The Hall–Kier alpha value is -0.540. The van der Waals surface area contributed by atoms with Crippen LogP contribution in [0.2, 0.25) is 0 Å². The van der Waals surface area contributed by atoms with Gasteiger partial charge < -0.3 is 4.74 Å². The average Bonchev–Trinajstić information content (AvgIpc) is 2.74. The van der Waals surface area contributed by atoms with Gasteiger partial charge in [-0.2, -0.15) is 0 Å². The molecular formula is C11H20N2O. The van der Waals surface area contributed by atoms with Crippen LogP contribution in [0.25, 0.3) is 0 Å². The summed E-state index contributed by atoms with van der Waals surface area (Å²) < 4.78 is 5.27. The highest BCUT2D eigenvalue weighted by Crippen LogP contribution is 2.31. The molecule has 0 amide bonds. The second-order valence-corrected chi connectivity index (χ2v) is 4.36. The summed E-state index contributed by atoms with van der Waals surface area (Å²) in [5, 5.41) is 0. The molecule has 1 unspecified atom stereocenters. The van der Waals surface area contributed by atoms with Gasteiger partial charge in [0.2, 0.25) is 0 Å². The molecule has 0 aromatic carbocycles. The summed E-state index contributed by atoms with van der Waals surface area (Å²) in [6, 6.07) is 0.359. The monoisotopic (exact) mass is 196 g/mol. The van der Waals surface area contributed by atoms with Gasteiger partial charge in [0.05, 0.1) is 12.9 Å². The van der Waals surface area contributed by atoms with Crippen molar-refractivity contribution in [2.75, 3.05) is 6.61 Å². The Balaban J connectivity index is 1.96. The fourth-order valence-electron chi connectivity index (χ4n) is 2.64. The molecule has 14 heavy (non-hydrogen) atoms. The molecule has 0 radical (unpaired) electrons. The van der Waals surface area contributed by atoms with Gasteiger partial charge in [-0.05, 0) is 24.3 Å². The second-order valence-electron chi connectivity index (χ2n) is 4.36. The van der Waals surface area contributed by atoms with Crippen LogP contribution in [0.15, 0.2) is 11.8 Å². The molecule has 0 aromatic heterocycles. The number of rotatable bonds is 3. The maximum atomic E-state index is 5.64. The Kier molecular flexibility index (Phi) is 3.43. The van der Waals surface area contributed by atoms with Gasteiger partial charge >= 0.3 is 0 Å². The summed E-state index contributed by atoms with van der Waals surface area (Å²) in [7, 11) is 0. The highest BCUT2D eigenvalue weighted by molar-refractivity contribution is 5.13. The summed E-state index contributed by atoms with van der Waals surface area (Å²) in [6.07, 6.45) is 9.68. The molecule has 0 saturated heterocycles. The molecular weight excluding hydrogens is 176 g/mol. The first-order chi connectivity index (χ1) is 6.92. The van der Waals surface area contributed by atoms with Crippen molar-refractivity contribution in [3.63, 3.8) is 0 Å². The Morgan fingerprint density at radius 1 is 1.36 bits per heavy atom. The van der Waals surface area contributed by atoms with Crippen molar-refractivity contribution in [2.45, 2.75) is 44.6 Å². The lowest BCUT2D eigenvalue weighted by atomic mass is 9.81. The number of hydrazine groups is 1. The van der Waals surface area contributed by atoms with Crippen molar-refractivity contribution in [2.24, 2.45) is 11.8 Å². The summed E-state index contributed by atoms with van der Waals surface area (Å²) in [5.41, 5.74) is 4.33. The fourth-order valence-corrected chi connectivity index (χ4v) is 2.64. The van der Waals surface area contributed by atoms with Gasteiger partial charge in [-0.3, -0.25) is 11.3 Å². The topological polar surface area (TPSA) is 47.3 Å². The molecule has 1 aliphatic heterocycles. The van der Waals surface area contributed by atoms with Crippen molar-refractivity contribution in [1.82, 2.24) is 5.43 Å². The predicted molar refractivity (Wildman–Crippen MR) is 56.3 cm³/mol. The average molecular weight is 196 g/mol. The first-order valence-electron chi connectivity index (χ1n) is 5.68. The largest absolute Gasteiger partial charge is 0.501 e. The van der Waals surface area contributed by atoms with Gasteiger partial charge in [-0.25, -0.2) is 0 Å². The lowest BCUT2D eigenvalue weighted by Gasteiger charge is -2.30. The maximum absolute atomic E-state index is 5.64. The molecule has 1 atom stereocenters. The van der Waals surface area contributed by atoms with Crippen LogP contribution in [0.5, 0.6) is 0 Å². The van der Waals surface area contributed by atoms with Gasteiger partial charge in [-0.1, -0.05) is 19.3 Å². The summed E-state index contributed by atoms with van der Waals surface area (Å²) in [6.45, 7) is 0.834. The van der Waals surface area contributed by atoms with Crippen LogP contribution in [0.4, 0.5) is 0 Å². The smallest absolute Gasteiger partial charge is 0.0912 e. The van der Waals surface area contributed by atoms with Crippen molar-refractivity contribution in [3.05, 3.63) is 11.8 Å². The van der Waals surface area contributed by atoms with Crippen LogP contribution in [0.1, 0.15) is 38.5 Å². The predicted octanol–water partition coefficient (Wildman–Crippen LogP) is 1.70. The minimum Gasteiger partial charge on any atom is -0.501 e. The maximum Gasteiger partial charge on any atom is 0.0912 e. The molecule has 1 fully saturated rings. The Labute approximate surface area is 85.7 Å². The molecule has 0 bridgehead atoms. The van der Waals surface area contributed by atoms with Gasteiger partial charge in [0, 0.05) is 12.5 Å². The molecule has 3 nitrogen and oxygen atoms in total. The van der Waals surface area contributed by atoms with E-state index in [9.17, 15) is 0 Å². The van der Waals surface area contributed by atoms with Crippen LogP contribution in [-0.4, -0.2) is 12.6 Å². The van der Waals surface area contributed by atoms with Gasteiger partial charge in [-0.15, -0.1) is 0 Å². The summed E-state index contributed by atoms with van der Waals surface area (Å²) in [4.78, 5) is 0. The second kappa shape index (κ2) is 4.80. The molecule has 1 heterocycles. The normalized spacial score (nSPS) is 25.6. The van der Waals surface area contributed by atoms with Crippen LogP contribution >= 0.6 is 0 Å². The minimum atomic E-state index is 0.359. The third-order valence-electron chi connectivity index (χ3n) is 3.44. The van der Waals surface area contributed by atoms with E-state index in [2.05, 4.69) is 5.43 Å². The Morgan fingerprint density at radius 3 is 2.71 bits per heavy atom. The molecule has 3 heteroatoms. The summed E-state index contributed by atoms with van der Waals surface area (Å²) in [5.74, 6) is 6.36. The van der Waals surface area contributed by atoms with E-state index >= 15 is 0 Å². The molecule has 1 saturated carbocycles. The third kappa shape index (κ3) is 2.10. The van der Waals surface area contributed by atoms with Crippen molar-refractivity contribution in [1.29, 1.82) is 0 Å². The zero-order valence-corrected chi connectivity index (χ0v) is 8.67. The fraction of sp³-hybridized carbons (Fsp3) is 0.818. The number of nitrogens with one attached hydrogen (secondary N) is 1. The van der Waals surface area contributed by atoms with Crippen LogP contribution in [-0.2, 0) is 4.74 Å². The van der Waals surface area contributed by atoms with E-state index < -0.39 is 0 Å². The van der Waals surface area contributed by atoms with Crippen molar-refractivity contribution >= 4 is 0 Å². The molecule has 0 spiro atoms. The third-order valence-corrected chi connectivity index (χ3v) is 3.44. The SMILES string of the molecule is NNC(C1=COCC1)C1CCCCC1. The van der Waals surface area contributed by atoms with Crippen molar-refractivity contribution in [3.8, 4) is 0 Å². The van der Waals surface area contributed by atoms with Gasteiger partial charge in [0.1, 0.15) is 0 Å². The number of hydrogen-bond donors (Lipinski definition) is 2. The van der Waals surface area contributed by atoms with E-state index in [1.807, 2.05) is 6.26 Å². The number of ether oxygens (including phenoxy) is 1. The Bertz CT molecular complexity index is 209. The van der Waals surface area contributed by atoms with E-state index in [4.69, 9.17) is 10.6 Å². The molecule has 3 N–H and O–H groups in total. The van der Waals surface area contributed by atoms with Crippen molar-refractivity contribution < 1.29 is 4.74 Å². The van der Waals surface area contributed by atoms with E-state index in [1.54, 1.807) is 0 Å². The van der Waals surface area contributed by atoms with Gasteiger partial charge in [0.15, 0.2) is 0 Å². The number of nitrogens with two attached hydrogens (primary N) is 1. The van der Waals surface area contributed by atoms with Gasteiger partial charge in [0.25, 0.3) is 0 Å². The zero-order chi connectivity index (χ0) is 9.80. The standard InChI is InChI=1S/C11H20N2O/c12-13-11(10-6-7-14-8-10)9-4-2-1-3-5-9/h8-9,11,13H,1-7,12H2. The van der Waals surface area contributed by atoms with Crippen LogP contribution in [0.3, 0.4) is 0 Å². The highest BCUT2D eigenvalue weighted by atomic mass is 16.5. The molecule has 80 valence electrons. The quantitative estimate of drug-likeness (QED) is 0.533. The minimum absolute atomic E-state index is 0.359. The Morgan fingerprint density at radius 2 is 2.14 bits per heavy atom. The van der Waals surface area contributed by atoms with E-state index in [1.165, 1.54) is 37.7 Å². The van der Waals surface area contributed by atoms with E-state index in [-0.39, 0.29) is 0 Å². The summed E-state index contributed by atoms with van der Waals surface area (Å²) >= 11 is 0. The highest BCUT2D eigenvalue weighted by Gasteiger charge is 2.27. The molecule has 1 aliphatic carbocycles. The lowest BCUT2D eigenvalue weighted by Crippen LogP contribution is -2.42. The van der Waals surface area contributed by atoms with E-state index in [0.717, 1.165) is 18.9 Å². The lowest BCUT2D eigenvalue weighted by molar-refractivity contribution is 0.281. The van der Waals surface area contributed by atoms with Crippen LogP contribution < -0.4 is 11.3 Å². The van der Waals surface area contributed by atoms with Crippen LogP contribution in [0, 0.1) is 5.92 Å². The zero-order valence-electron chi connectivity index (χ0n) is 8.67. The number of hydrogen-bond acceptors (Lipinski definition) is 3. The first-order valence-corrected chi connectivity index (χ1v) is 5.68.